The summed E-state index contributed by atoms with van der Waals surface area (Å²) in [5, 5.41) is 4.14. The van der Waals surface area contributed by atoms with Crippen LogP contribution in [0.25, 0.3) is 38.6 Å². The van der Waals surface area contributed by atoms with Crippen LogP contribution >= 0.6 is 0 Å². The lowest BCUT2D eigenvalue weighted by Crippen LogP contribution is -2.33. The molecule has 0 N–H and O–H groups in total. The normalized spacial score (nSPS) is 12.3. The highest BCUT2D eigenvalue weighted by Gasteiger charge is 2.32. The Morgan fingerprint density at radius 1 is 0.829 bits per heavy atom. The van der Waals surface area contributed by atoms with Gasteiger partial charge >= 0.3 is 0 Å². The first-order valence-corrected chi connectivity index (χ1v) is 13.3. The number of nitrogens with zero attached hydrogens (tertiary/aromatic N) is 2. The van der Waals surface area contributed by atoms with Crippen molar-refractivity contribution >= 4 is 27.3 Å². The fraction of sp³-hybridized carbons (Fsp3) is 0.364. The van der Waals surface area contributed by atoms with Crippen molar-refractivity contribution < 1.29 is 4.57 Å². The molecule has 0 unspecified atom stereocenters. The average Bonchev–Trinajstić information content (AvgIpc) is 3.22. The zero-order valence-corrected chi connectivity index (χ0v) is 22.5. The number of hydrogen-bond acceptors (Lipinski definition) is 0. The number of pyridine rings is 1. The highest BCUT2D eigenvalue weighted by Crippen LogP contribution is 2.41. The van der Waals surface area contributed by atoms with Gasteiger partial charge in [0.05, 0.1) is 11.9 Å². The Kier molecular flexibility index (Phi) is 5.95. The Labute approximate surface area is 210 Å². The van der Waals surface area contributed by atoms with E-state index in [0.29, 0.717) is 0 Å². The van der Waals surface area contributed by atoms with E-state index in [2.05, 4.69) is 118 Å². The van der Waals surface area contributed by atoms with E-state index in [4.69, 9.17) is 0 Å². The molecular formula is C33H39N2+. The maximum Gasteiger partial charge on any atom is 0.295 e. The van der Waals surface area contributed by atoms with Gasteiger partial charge in [-0.2, -0.15) is 4.40 Å². The Morgan fingerprint density at radius 3 is 2.17 bits per heavy atom. The van der Waals surface area contributed by atoms with Crippen LogP contribution in [0.2, 0.25) is 0 Å². The number of fused-ring (bicyclic) bond motifs is 6. The minimum Gasteiger partial charge on any atom is -0.229 e. The summed E-state index contributed by atoms with van der Waals surface area (Å²) in [6, 6.07) is 20.6. The van der Waals surface area contributed by atoms with Crippen LogP contribution in [0.3, 0.4) is 0 Å². The SMILES string of the molecule is CCC[n+]1cc(-c2c(C)cccc2C)n2c3ccc(C)cc3c3cccc(C(C)(CC)CC)c3c21. The lowest BCUT2D eigenvalue weighted by Gasteiger charge is -2.28. The first-order valence-electron chi connectivity index (χ1n) is 13.3. The van der Waals surface area contributed by atoms with Crippen LogP contribution in [0.1, 0.15) is 69.2 Å². The maximum absolute atomic E-state index is 2.57. The van der Waals surface area contributed by atoms with Crippen LogP contribution in [0.4, 0.5) is 0 Å². The van der Waals surface area contributed by atoms with Crippen molar-refractivity contribution in [1.29, 1.82) is 0 Å². The highest BCUT2D eigenvalue weighted by molar-refractivity contribution is 6.13. The van der Waals surface area contributed by atoms with Crippen molar-refractivity contribution in [2.75, 3.05) is 0 Å². The smallest absolute Gasteiger partial charge is 0.229 e. The molecule has 0 fully saturated rings. The summed E-state index contributed by atoms with van der Waals surface area (Å²) in [5.74, 6) is 0. The van der Waals surface area contributed by atoms with Crippen molar-refractivity contribution in [2.45, 2.75) is 79.7 Å². The fourth-order valence-electron chi connectivity index (χ4n) is 6.03. The van der Waals surface area contributed by atoms with Gasteiger partial charge in [-0.15, -0.1) is 0 Å². The minimum atomic E-state index is 0.130. The van der Waals surface area contributed by atoms with Crippen molar-refractivity contribution in [3.63, 3.8) is 0 Å². The highest BCUT2D eigenvalue weighted by atomic mass is 15.1. The molecule has 2 aromatic heterocycles. The molecule has 2 heteroatoms. The predicted octanol–water partition coefficient (Wildman–Crippen LogP) is 8.61. The van der Waals surface area contributed by atoms with Gasteiger partial charge in [0.2, 0.25) is 0 Å². The quantitative estimate of drug-likeness (QED) is 0.176. The van der Waals surface area contributed by atoms with E-state index in [1.165, 1.54) is 60.8 Å². The molecular weight excluding hydrogens is 424 g/mol. The van der Waals surface area contributed by atoms with Gasteiger partial charge in [0, 0.05) is 16.3 Å². The number of benzene rings is 3. The van der Waals surface area contributed by atoms with Crippen LogP contribution in [-0.4, -0.2) is 4.40 Å². The Morgan fingerprint density at radius 2 is 1.51 bits per heavy atom. The molecule has 0 saturated heterocycles. The molecule has 2 heterocycles. The van der Waals surface area contributed by atoms with Crippen LogP contribution in [0, 0.1) is 20.8 Å². The zero-order valence-electron chi connectivity index (χ0n) is 22.5. The fourth-order valence-corrected chi connectivity index (χ4v) is 6.03. The predicted molar refractivity (Wildman–Crippen MR) is 150 cm³/mol. The third-order valence-electron chi connectivity index (χ3n) is 8.39. The van der Waals surface area contributed by atoms with Gasteiger partial charge in [-0.1, -0.05) is 75.7 Å². The van der Waals surface area contributed by atoms with E-state index in [0.717, 1.165) is 25.8 Å². The van der Waals surface area contributed by atoms with Gasteiger partial charge in [-0.3, -0.25) is 0 Å². The minimum absolute atomic E-state index is 0.130. The molecule has 0 bridgehead atoms. The van der Waals surface area contributed by atoms with Gasteiger partial charge in [0.15, 0.2) is 5.69 Å². The van der Waals surface area contributed by atoms with Gasteiger partial charge in [0.1, 0.15) is 11.7 Å². The summed E-state index contributed by atoms with van der Waals surface area (Å²) in [6.07, 6.45) is 5.77. The molecule has 0 aliphatic carbocycles. The molecule has 35 heavy (non-hydrogen) atoms. The number of aryl methyl sites for hydroxylation is 4. The van der Waals surface area contributed by atoms with Crippen molar-refractivity contribution in [3.05, 3.63) is 83.0 Å². The average molecular weight is 464 g/mol. The molecule has 0 aliphatic heterocycles. The zero-order chi connectivity index (χ0) is 24.9. The molecule has 0 saturated carbocycles. The number of imidazole rings is 1. The molecule has 5 aromatic rings. The summed E-state index contributed by atoms with van der Waals surface area (Å²) < 4.78 is 5.09. The van der Waals surface area contributed by atoms with Gasteiger partial charge < -0.3 is 0 Å². The van der Waals surface area contributed by atoms with E-state index >= 15 is 0 Å². The lowest BCUT2D eigenvalue weighted by molar-refractivity contribution is -0.669. The third kappa shape index (κ3) is 3.57. The lowest BCUT2D eigenvalue weighted by atomic mass is 9.75. The summed E-state index contributed by atoms with van der Waals surface area (Å²) in [6.45, 7) is 17.1. The molecule has 2 nitrogen and oxygen atoms in total. The first-order chi connectivity index (χ1) is 16.8. The van der Waals surface area contributed by atoms with E-state index in [9.17, 15) is 0 Å². The van der Waals surface area contributed by atoms with Crippen LogP contribution in [0.5, 0.6) is 0 Å². The second-order valence-electron chi connectivity index (χ2n) is 10.7. The van der Waals surface area contributed by atoms with Gasteiger partial charge in [-0.25, -0.2) is 4.57 Å². The summed E-state index contributed by atoms with van der Waals surface area (Å²) in [4.78, 5) is 0. The number of hydrogen-bond donors (Lipinski definition) is 0. The summed E-state index contributed by atoms with van der Waals surface area (Å²) in [5.41, 5.74) is 10.8. The Bertz CT molecular complexity index is 1540. The van der Waals surface area contributed by atoms with Gasteiger partial charge in [0.25, 0.3) is 5.65 Å². The monoisotopic (exact) mass is 463 g/mol. The summed E-state index contributed by atoms with van der Waals surface area (Å²) >= 11 is 0. The molecule has 0 radical (unpaired) electrons. The van der Waals surface area contributed by atoms with E-state index in [-0.39, 0.29) is 5.41 Å². The van der Waals surface area contributed by atoms with Crippen molar-refractivity contribution in [2.24, 2.45) is 0 Å². The second-order valence-corrected chi connectivity index (χ2v) is 10.7. The first kappa shape index (κ1) is 23.6. The molecule has 0 atom stereocenters. The van der Waals surface area contributed by atoms with E-state index in [1.807, 2.05) is 0 Å². The van der Waals surface area contributed by atoms with Crippen molar-refractivity contribution in [3.8, 4) is 11.3 Å². The Balaban J connectivity index is 2.11. The molecule has 0 spiro atoms. The molecule has 0 aliphatic rings. The van der Waals surface area contributed by atoms with Crippen molar-refractivity contribution in [1.82, 2.24) is 4.40 Å². The Hall–Kier alpha value is -3.13. The maximum atomic E-state index is 2.57. The third-order valence-corrected chi connectivity index (χ3v) is 8.39. The molecule has 5 rings (SSSR count). The van der Waals surface area contributed by atoms with Crippen LogP contribution in [0.15, 0.2) is 60.8 Å². The van der Waals surface area contributed by atoms with Crippen LogP contribution in [-0.2, 0) is 12.0 Å². The summed E-state index contributed by atoms with van der Waals surface area (Å²) in [7, 11) is 0. The molecule has 3 aromatic carbocycles. The largest absolute Gasteiger partial charge is 0.295 e. The standard InChI is InChI=1S/C33H39N2/c1-8-19-34-21-29(30-23(5)13-11-14-24(30)6)35-28-18-17-22(4)20-26(28)25-15-12-16-27(31(25)32(34)35)33(7,9-2)10-3/h11-18,20-21H,8-10,19H2,1-7H3/q+1. The topological polar surface area (TPSA) is 8.29 Å². The van der Waals surface area contributed by atoms with Crippen LogP contribution < -0.4 is 4.57 Å². The number of aromatic nitrogens is 2. The number of rotatable bonds is 6. The van der Waals surface area contributed by atoms with E-state index < -0.39 is 0 Å². The van der Waals surface area contributed by atoms with E-state index in [1.54, 1.807) is 0 Å². The second kappa shape index (κ2) is 8.82. The molecule has 180 valence electrons. The van der Waals surface area contributed by atoms with Gasteiger partial charge in [-0.05, 0) is 74.3 Å². The molecule has 0 amide bonds.